The van der Waals surface area contributed by atoms with E-state index in [4.69, 9.17) is 19.2 Å². The minimum Gasteiger partial charge on any atom is -0.490 e. The minimum atomic E-state index is 0.217. The maximum absolute atomic E-state index is 8.63. The van der Waals surface area contributed by atoms with Crippen LogP contribution < -0.4 is 9.47 Å². The van der Waals surface area contributed by atoms with Crippen molar-refractivity contribution < 1.29 is 13.9 Å². The number of benzene rings is 1. The summed E-state index contributed by atoms with van der Waals surface area (Å²) in [6.07, 6.45) is 0. The van der Waals surface area contributed by atoms with Crippen molar-refractivity contribution in [1.82, 2.24) is 0 Å². The predicted octanol–water partition coefficient (Wildman–Crippen LogP) is 3.34. The third-order valence-corrected chi connectivity index (χ3v) is 2.05. The first-order chi connectivity index (χ1) is 8.33. The van der Waals surface area contributed by atoms with Crippen molar-refractivity contribution >= 4 is 0 Å². The van der Waals surface area contributed by atoms with Crippen LogP contribution in [0.3, 0.4) is 0 Å². The van der Waals surface area contributed by atoms with E-state index in [1.165, 1.54) is 0 Å². The molecule has 17 heavy (non-hydrogen) atoms. The van der Waals surface area contributed by atoms with E-state index in [9.17, 15) is 0 Å². The zero-order valence-electron chi connectivity index (χ0n) is 9.34. The summed E-state index contributed by atoms with van der Waals surface area (Å²) in [4.78, 5) is 0. The Balaban J connectivity index is 2.20. The van der Waals surface area contributed by atoms with Crippen LogP contribution in [-0.2, 0) is 0 Å². The molecular formula is C13H11NO3. The van der Waals surface area contributed by atoms with Crippen LogP contribution in [0.4, 0.5) is 0 Å². The highest BCUT2D eigenvalue weighted by atomic mass is 16.6. The maximum atomic E-state index is 8.63. The molecule has 0 aliphatic carbocycles. The van der Waals surface area contributed by atoms with E-state index in [-0.39, 0.29) is 11.7 Å². The average Bonchev–Trinajstić information content (AvgIpc) is 2.80. The third-order valence-electron chi connectivity index (χ3n) is 2.05. The topological polar surface area (TPSA) is 55.4 Å². The Morgan fingerprint density at radius 3 is 2.59 bits per heavy atom. The van der Waals surface area contributed by atoms with E-state index in [0.717, 1.165) is 0 Å². The van der Waals surface area contributed by atoms with Gasteiger partial charge in [-0.15, -0.1) is 0 Å². The van der Waals surface area contributed by atoms with Crippen molar-refractivity contribution in [3.05, 3.63) is 42.2 Å². The van der Waals surface area contributed by atoms with Gasteiger partial charge in [0.2, 0.25) is 5.76 Å². The Kier molecular flexibility index (Phi) is 3.31. The van der Waals surface area contributed by atoms with Crippen LogP contribution in [0.2, 0.25) is 0 Å². The summed E-state index contributed by atoms with van der Waals surface area (Å²) >= 11 is 0. The van der Waals surface area contributed by atoms with Crippen LogP contribution >= 0.6 is 0 Å². The Bertz CT molecular complexity index is 540. The van der Waals surface area contributed by atoms with E-state index in [2.05, 4.69) is 0 Å². The molecule has 4 heteroatoms. The third kappa shape index (κ3) is 2.58. The fourth-order valence-corrected chi connectivity index (χ4v) is 1.35. The second kappa shape index (κ2) is 5.08. The van der Waals surface area contributed by atoms with Crippen LogP contribution in [-0.4, -0.2) is 6.61 Å². The molecule has 0 atom stereocenters. The van der Waals surface area contributed by atoms with Crippen molar-refractivity contribution in [1.29, 1.82) is 5.26 Å². The van der Waals surface area contributed by atoms with E-state index >= 15 is 0 Å². The average molecular weight is 229 g/mol. The zero-order chi connectivity index (χ0) is 12.1. The van der Waals surface area contributed by atoms with E-state index < -0.39 is 0 Å². The van der Waals surface area contributed by atoms with Gasteiger partial charge in [-0.2, -0.15) is 5.26 Å². The zero-order valence-corrected chi connectivity index (χ0v) is 9.34. The van der Waals surface area contributed by atoms with Gasteiger partial charge < -0.3 is 13.9 Å². The van der Waals surface area contributed by atoms with Crippen LogP contribution in [0.5, 0.6) is 17.4 Å². The van der Waals surface area contributed by atoms with Gasteiger partial charge in [-0.05, 0) is 25.1 Å². The van der Waals surface area contributed by atoms with Gasteiger partial charge >= 0.3 is 0 Å². The number of rotatable bonds is 4. The fraction of sp³-hybridized carbons (Fsp3) is 0.154. The summed E-state index contributed by atoms with van der Waals surface area (Å²) in [5.41, 5.74) is 0. The van der Waals surface area contributed by atoms with Crippen LogP contribution in [0.15, 0.2) is 40.8 Å². The summed E-state index contributed by atoms with van der Waals surface area (Å²) in [5.74, 6) is 1.70. The van der Waals surface area contributed by atoms with Gasteiger partial charge in [-0.25, -0.2) is 0 Å². The van der Waals surface area contributed by atoms with Gasteiger partial charge in [0, 0.05) is 6.07 Å². The monoisotopic (exact) mass is 229 g/mol. The van der Waals surface area contributed by atoms with Crippen molar-refractivity contribution in [2.24, 2.45) is 0 Å². The second-order valence-corrected chi connectivity index (χ2v) is 3.21. The lowest BCUT2D eigenvalue weighted by Gasteiger charge is -2.08. The number of hydrogen-bond donors (Lipinski definition) is 0. The molecule has 0 bridgehead atoms. The molecule has 0 saturated carbocycles. The maximum Gasteiger partial charge on any atom is 0.291 e. The number of hydrogen-bond acceptors (Lipinski definition) is 4. The summed E-state index contributed by atoms with van der Waals surface area (Å²) in [7, 11) is 0. The summed E-state index contributed by atoms with van der Waals surface area (Å²) in [6.45, 7) is 2.46. The minimum absolute atomic E-state index is 0.217. The number of furan rings is 1. The number of ether oxygens (including phenoxy) is 2. The Hall–Kier alpha value is -2.41. The Morgan fingerprint density at radius 2 is 1.94 bits per heavy atom. The highest BCUT2D eigenvalue weighted by molar-refractivity contribution is 5.41. The molecule has 0 fully saturated rings. The number of nitriles is 1. The smallest absolute Gasteiger partial charge is 0.291 e. The SMILES string of the molecule is CCOc1ccccc1Oc1ccc(C#N)o1. The molecule has 0 spiro atoms. The molecule has 0 unspecified atom stereocenters. The molecule has 0 aliphatic rings. The number of para-hydroxylation sites is 2. The molecule has 1 heterocycles. The van der Waals surface area contributed by atoms with Crippen molar-refractivity contribution in [2.75, 3.05) is 6.61 Å². The molecule has 4 nitrogen and oxygen atoms in total. The Morgan fingerprint density at radius 1 is 1.18 bits per heavy atom. The molecule has 2 aromatic rings. The lowest BCUT2D eigenvalue weighted by atomic mass is 10.3. The molecule has 1 aromatic heterocycles. The molecule has 0 amide bonds. The highest BCUT2D eigenvalue weighted by Crippen LogP contribution is 2.31. The summed E-state index contributed by atoms with van der Waals surface area (Å²) in [5, 5.41) is 8.63. The fourth-order valence-electron chi connectivity index (χ4n) is 1.35. The summed E-state index contributed by atoms with van der Waals surface area (Å²) in [6, 6.07) is 12.3. The van der Waals surface area contributed by atoms with Gasteiger partial charge in [0.25, 0.3) is 5.95 Å². The van der Waals surface area contributed by atoms with E-state index in [1.807, 2.05) is 31.2 Å². The van der Waals surface area contributed by atoms with Gasteiger partial charge in [0.15, 0.2) is 11.5 Å². The standard InChI is InChI=1S/C13H11NO3/c1-2-15-11-5-3-4-6-12(11)17-13-8-7-10(9-14)16-13/h3-8H,2H2,1H3. The summed E-state index contributed by atoms with van der Waals surface area (Å²) < 4.78 is 16.0. The predicted molar refractivity (Wildman–Crippen MR) is 61.1 cm³/mol. The van der Waals surface area contributed by atoms with E-state index in [1.54, 1.807) is 18.2 Å². The van der Waals surface area contributed by atoms with Gasteiger partial charge in [-0.3, -0.25) is 0 Å². The molecule has 1 aromatic carbocycles. The lowest BCUT2D eigenvalue weighted by Crippen LogP contribution is -1.94. The Labute approximate surface area is 99.0 Å². The molecule has 0 aliphatic heterocycles. The van der Waals surface area contributed by atoms with Crippen molar-refractivity contribution in [3.63, 3.8) is 0 Å². The highest BCUT2D eigenvalue weighted by Gasteiger charge is 2.08. The van der Waals surface area contributed by atoms with Crippen LogP contribution in [0.1, 0.15) is 12.7 Å². The molecule has 0 N–H and O–H groups in total. The molecule has 2 rings (SSSR count). The number of nitrogens with zero attached hydrogens (tertiary/aromatic N) is 1. The van der Waals surface area contributed by atoms with Crippen LogP contribution in [0.25, 0.3) is 0 Å². The molecule has 0 saturated heterocycles. The van der Waals surface area contributed by atoms with E-state index in [0.29, 0.717) is 18.1 Å². The van der Waals surface area contributed by atoms with Crippen molar-refractivity contribution in [3.8, 4) is 23.5 Å². The molecular weight excluding hydrogens is 218 g/mol. The lowest BCUT2D eigenvalue weighted by molar-refractivity contribution is 0.297. The first kappa shape index (κ1) is 11.1. The first-order valence-electron chi connectivity index (χ1n) is 5.23. The van der Waals surface area contributed by atoms with Gasteiger partial charge in [0.1, 0.15) is 6.07 Å². The second-order valence-electron chi connectivity index (χ2n) is 3.21. The molecule has 0 radical (unpaired) electrons. The quantitative estimate of drug-likeness (QED) is 0.806. The van der Waals surface area contributed by atoms with Crippen LogP contribution in [0, 0.1) is 11.3 Å². The van der Waals surface area contributed by atoms with Crippen molar-refractivity contribution in [2.45, 2.75) is 6.92 Å². The molecule has 86 valence electrons. The normalized spacial score (nSPS) is 9.65. The first-order valence-corrected chi connectivity index (χ1v) is 5.23. The van der Waals surface area contributed by atoms with Gasteiger partial charge in [0.05, 0.1) is 6.61 Å². The van der Waals surface area contributed by atoms with Gasteiger partial charge in [-0.1, -0.05) is 12.1 Å². The largest absolute Gasteiger partial charge is 0.490 e.